The third kappa shape index (κ3) is 4.48. The Hall–Kier alpha value is -0.920. The summed E-state index contributed by atoms with van der Waals surface area (Å²) >= 11 is 0. The maximum Gasteiger partial charge on any atom is 0.136 e. The van der Waals surface area contributed by atoms with Gasteiger partial charge in [0, 0.05) is 12.3 Å². The molecule has 2 nitrogen and oxygen atoms in total. The molecule has 2 heteroatoms. The zero-order chi connectivity index (χ0) is 8.85. The van der Waals surface area contributed by atoms with Crippen molar-refractivity contribution in [3.63, 3.8) is 0 Å². The molecule has 0 aromatic heterocycles. The lowest BCUT2D eigenvalue weighted by Gasteiger charge is -2.05. The molecule has 0 saturated carbocycles. The van der Waals surface area contributed by atoms with Gasteiger partial charge in [0.25, 0.3) is 0 Å². The van der Waals surface area contributed by atoms with E-state index in [1.165, 1.54) is 13.8 Å². The molecule has 0 aliphatic carbocycles. The van der Waals surface area contributed by atoms with Crippen molar-refractivity contribution in [2.24, 2.45) is 5.92 Å². The summed E-state index contributed by atoms with van der Waals surface area (Å²) in [6.45, 7) is 6.58. The Kier molecular flexibility index (Phi) is 4.42. The monoisotopic (exact) mass is 154 g/mol. The highest BCUT2D eigenvalue weighted by Gasteiger charge is 2.09. The first-order chi connectivity index (χ1) is 5.07. The topological polar surface area (TPSA) is 34.1 Å². The quantitative estimate of drug-likeness (QED) is 0.565. The summed E-state index contributed by atoms with van der Waals surface area (Å²) in [6.07, 6.45) is 2.68. The molecule has 1 unspecified atom stereocenters. The van der Waals surface area contributed by atoms with Gasteiger partial charge in [0.2, 0.25) is 0 Å². The molecule has 0 fully saturated rings. The Bertz CT molecular complexity index is 170. The van der Waals surface area contributed by atoms with Crippen LogP contribution < -0.4 is 0 Å². The molecule has 0 aliphatic rings. The van der Waals surface area contributed by atoms with Crippen molar-refractivity contribution in [2.45, 2.75) is 26.7 Å². The van der Waals surface area contributed by atoms with Gasteiger partial charge in [-0.3, -0.25) is 4.79 Å². The molecule has 0 aromatic carbocycles. The lowest BCUT2D eigenvalue weighted by Crippen LogP contribution is -2.08. The van der Waals surface area contributed by atoms with Crippen molar-refractivity contribution in [2.75, 3.05) is 0 Å². The average Bonchev–Trinajstić information content (AvgIpc) is 1.87. The number of Topliss-reactive ketones (excluding diaryl/α,β-unsaturated/α-hetero) is 2. The number of hydrogen-bond acceptors (Lipinski definition) is 2. The highest BCUT2D eigenvalue weighted by atomic mass is 16.1. The van der Waals surface area contributed by atoms with Gasteiger partial charge in [-0.25, -0.2) is 0 Å². The minimum Gasteiger partial charge on any atom is -0.300 e. The number of rotatable bonds is 5. The van der Waals surface area contributed by atoms with Gasteiger partial charge in [0.1, 0.15) is 11.6 Å². The van der Waals surface area contributed by atoms with Gasteiger partial charge < -0.3 is 4.79 Å². The van der Waals surface area contributed by atoms with E-state index in [-0.39, 0.29) is 17.5 Å². The SMILES string of the molecule is C=CC(CCC(C)=O)C(C)=O. The molecule has 0 amide bonds. The van der Waals surface area contributed by atoms with E-state index in [1.807, 2.05) is 0 Å². The predicted molar refractivity (Wildman–Crippen MR) is 44.3 cm³/mol. The molecule has 62 valence electrons. The van der Waals surface area contributed by atoms with Crippen LogP contribution in [-0.2, 0) is 9.59 Å². The molecule has 0 rings (SSSR count). The highest BCUT2D eigenvalue weighted by molar-refractivity contribution is 5.81. The summed E-state index contributed by atoms with van der Waals surface area (Å²) in [5.74, 6) is 0.0678. The van der Waals surface area contributed by atoms with Gasteiger partial charge in [-0.1, -0.05) is 6.08 Å². The first-order valence-corrected chi connectivity index (χ1v) is 3.70. The molecule has 0 bridgehead atoms. The molecular weight excluding hydrogens is 140 g/mol. The second-order valence-electron chi connectivity index (χ2n) is 2.69. The van der Waals surface area contributed by atoms with E-state index in [9.17, 15) is 9.59 Å². The minimum atomic E-state index is -0.140. The Labute approximate surface area is 67.3 Å². The lowest BCUT2D eigenvalue weighted by molar-refractivity contribution is -0.120. The summed E-state index contributed by atoms with van der Waals surface area (Å²) in [5, 5.41) is 0. The molecule has 0 N–H and O–H groups in total. The van der Waals surface area contributed by atoms with E-state index in [4.69, 9.17) is 0 Å². The van der Waals surface area contributed by atoms with Crippen LogP contribution in [0.15, 0.2) is 12.7 Å². The van der Waals surface area contributed by atoms with Crippen LogP contribution in [0.3, 0.4) is 0 Å². The fraction of sp³-hybridized carbons (Fsp3) is 0.556. The smallest absolute Gasteiger partial charge is 0.136 e. The molecule has 0 aliphatic heterocycles. The predicted octanol–water partition coefficient (Wildman–Crippen LogP) is 1.75. The van der Waals surface area contributed by atoms with E-state index in [0.717, 1.165) is 0 Å². The fourth-order valence-electron chi connectivity index (χ4n) is 0.846. The molecule has 0 radical (unpaired) electrons. The second-order valence-corrected chi connectivity index (χ2v) is 2.69. The van der Waals surface area contributed by atoms with Crippen LogP contribution in [0, 0.1) is 5.92 Å². The van der Waals surface area contributed by atoms with E-state index < -0.39 is 0 Å². The van der Waals surface area contributed by atoms with Crippen molar-refractivity contribution in [1.29, 1.82) is 0 Å². The summed E-state index contributed by atoms with van der Waals surface area (Å²) in [5.41, 5.74) is 0. The van der Waals surface area contributed by atoms with E-state index in [1.54, 1.807) is 6.08 Å². The maximum absolute atomic E-state index is 10.8. The van der Waals surface area contributed by atoms with Crippen LogP contribution in [0.5, 0.6) is 0 Å². The standard InChI is InChI=1S/C9H14O2/c1-4-9(8(3)11)6-5-7(2)10/h4,9H,1,5-6H2,2-3H3. The average molecular weight is 154 g/mol. The third-order valence-corrected chi connectivity index (χ3v) is 1.61. The zero-order valence-corrected chi connectivity index (χ0v) is 7.09. The van der Waals surface area contributed by atoms with Crippen molar-refractivity contribution in [1.82, 2.24) is 0 Å². The molecule has 1 atom stereocenters. The normalized spacial score (nSPS) is 12.2. The molecule has 0 heterocycles. The molecule has 0 spiro atoms. The van der Waals surface area contributed by atoms with Crippen LogP contribution in [0.4, 0.5) is 0 Å². The largest absolute Gasteiger partial charge is 0.300 e. The van der Waals surface area contributed by atoms with Crippen LogP contribution in [0.2, 0.25) is 0 Å². The van der Waals surface area contributed by atoms with Crippen LogP contribution in [0.25, 0.3) is 0 Å². The summed E-state index contributed by atoms with van der Waals surface area (Å²) in [7, 11) is 0. The van der Waals surface area contributed by atoms with E-state index >= 15 is 0 Å². The van der Waals surface area contributed by atoms with Crippen molar-refractivity contribution in [3.05, 3.63) is 12.7 Å². The maximum atomic E-state index is 10.8. The summed E-state index contributed by atoms with van der Waals surface area (Å²) in [4.78, 5) is 21.3. The zero-order valence-electron chi connectivity index (χ0n) is 7.09. The minimum absolute atomic E-state index is 0.0845. The van der Waals surface area contributed by atoms with Crippen LogP contribution in [0.1, 0.15) is 26.7 Å². The van der Waals surface area contributed by atoms with Crippen LogP contribution >= 0.6 is 0 Å². The van der Waals surface area contributed by atoms with Crippen molar-refractivity contribution < 1.29 is 9.59 Å². The van der Waals surface area contributed by atoms with Crippen molar-refractivity contribution in [3.8, 4) is 0 Å². The summed E-state index contributed by atoms with van der Waals surface area (Å²) < 4.78 is 0. The van der Waals surface area contributed by atoms with Gasteiger partial charge in [0.05, 0.1) is 0 Å². The number of hydrogen-bond donors (Lipinski definition) is 0. The first-order valence-electron chi connectivity index (χ1n) is 3.70. The molecule has 11 heavy (non-hydrogen) atoms. The van der Waals surface area contributed by atoms with Crippen molar-refractivity contribution >= 4 is 11.6 Å². The van der Waals surface area contributed by atoms with Gasteiger partial charge in [-0.2, -0.15) is 0 Å². The second kappa shape index (κ2) is 4.83. The number of carbonyl (C=O) groups excluding carboxylic acids is 2. The summed E-state index contributed by atoms with van der Waals surface area (Å²) in [6, 6.07) is 0. The number of carbonyl (C=O) groups is 2. The Morgan fingerprint density at radius 1 is 1.45 bits per heavy atom. The van der Waals surface area contributed by atoms with Gasteiger partial charge in [0.15, 0.2) is 0 Å². The van der Waals surface area contributed by atoms with E-state index in [0.29, 0.717) is 12.8 Å². The van der Waals surface area contributed by atoms with Gasteiger partial charge in [-0.05, 0) is 20.3 Å². The first kappa shape index (κ1) is 10.1. The lowest BCUT2D eigenvalue weighted by atomic mass is 9.98. The molecule has 0 aromatic rings. The van der Waals surface area contributed by atoms with Crippen LogP contribution in [-0.4, -0.2) is 11.6 Å². The number of allylic oxidation sites excluding steroid dienone is 1. The Morgan fingerprint density at radius 2 is 2.00 bits per heavy atom. The number of ketones is 2. The van der Waals surface area contributed by atoms with Gasteiger partial charge in [-0.15, -0.1) is 6.58 Å². The fourth-order valence-corrected chi connectivity index (χ4v) is 0.846. The highest BCUT2D eigenvalue weighted by Crippen LogP contribution is 2.08. The third-order valence-electron chi connectivity index (χ3n) is 1.61. The van der Waals surface area contributed by atoms with E-state index in [2.05, 4.69) is 6.58 Å². The molecule has 0 saturated heterocycles. The van der Waals surface area contributed by atoms with Gasteiger partial charge >= 0.3 is 0 Å². The Morgan fingerprint density at radius 3 is 2.27 bits per heavy atom. The molecular formula is C9H14O2. The Balaban J connectivity index is 3.79.